The summed E-state index contributed by atoms with van der Waals surface area (Å²) in [6.07, 6.45) is -0.0765. The molecule has 1 aromatic carbocycles. The number of hydrogen-bond acceptors (Lipinski definition) is 5. The summed E-state index contributed by atoms with van der Waals surface area (Å²) in [4.78, 5) is 26.4. The number of halogens is 1. The van der Waals surface area contributed by atoms with Gasteiger partial charge in [0, 0.05) is 11.4 Å². The maximum absolute atomic E-state index is 11.5. The van der Waals surface area contributed by atoms with Gasteiger partial charge in [-0.2, -0.15) is 13.9 Å². The molecule has 0 aliphatic heterocycles. The van der Waals surface area contributed by atoms with E-state index in [1.807, 2.05) is 5.48 Å². The highest BCUT2D eigenvalue weighted by molar-refractivity contribution is 7.85. The molecule has 0 aliphatic carbocycles. The van der Waals surface area contributed by atoms with Crippen LogP contribution >= 0.6 is 11.6 Å². The summed E-state index contributed by atoms with van der Waals surface area (Å²) < 4.78 is 30.6. The van der Waals surface area contributed by atoms with Crippen LogP contribution in [-0.2, 0) is 19.8 Å². The lowest BCUT2D eigenvalue weighted by Gasteiger charge is -2.05. The van der Waals surface area contributed by atoms with Crippen LogP contribution in [0.3, 0.4) is 0 Å². The number of benzene rings is 1. The second-order valence-electron chi connectivity index (χ2n) is 3.35. The van der Waals surface area contributed by atoms with Crippen LogP contribution in [0.4, 0.5) is 0 Å². The summed E-state index contributed by atoms with van der Waals surface area (Å²) in [5, 5.41) is 0. The number of hydrogen-bond donors (Lipinski definition) is 2. The number of alkyl halides is 1. The van der Waals surface area contributed by atoms with E-state index in [9.17, 15) is 18.0 Å². The van der Waals surface area contributed by atoms with Crippen molar-refractivity contribution in [3.05, 3.63) is 29.8 Å². The van der Waals surface area contributed by atoms with Gasteiger partial charge in [0.1, 0.15) is 0 Å². The molecule has 0 saturated heterocycles. The Balaban J connectivity index is 2.76. The maximum atomic E-state index is 11.5. The molecule has 0 radical (unpaired) electrons. The Hall–Kier alpha value is -1.64. The van der Waals surface area contributed by atoms with Gasteiger partial charge in [-0.3, -0.25) is 9.35 Å². The van der Waals surface area contributed by atoms with E-state index >= 15 is 0 Å². The largest absolute Gasteiger partial charge is 0.340 e. The molecule has 104 valence electrons. The van der Waals surface area contributed by atoms with Crippen molar-refractivity contribution in [1.29, 1.82) is 0 Å². The van der Waals surface area contributed by atoms with E-state index in [4.69, 9.17) is 16.2 Å². The minimum Gasteiger partial charge on any atom is -0.340 e. The van der Waals surface area contributed by atoms with E-state index in [2.05, 4.69) is 4.84 Å². The molecule has 0 bridgehead atoms. The molecule has 0 saturated carbocycles. The van der Waals surface area contributed by atoms with Gasteiger partial charge in [0.05, 0.1) is 11.3 Å². The van der Waals surface area contributed by atoms with Gasteiger partial charge in [0.2, 0.25) is 0 Å². The van der Waals surface area contributed by atoms with Gasteiger partial charge in [-0.1, -0.05) is 6.07 Å². The second kappa shape index (κ2) is 6.50. The van der Waals surface area contributed by atoms with Crippen molar-refractivity contribution in [3.8, 4) is 0 Å². The minimum absolute atomic E-state index is 0.0486. The van der Waals surface area contributed by atoms with Crippen LogP contribution in [0.5, 0.6) is 0 Å². The average molecular weight is 308 g/mol. The lowest BCUT2D eigenvalue weighted by molar-refractivity contribution is -0.148. The van der Waals surface area contributed by atoms with Crippen molar-refractivity contribution >= 4 is 33.6 Å². The highest BCUT2D eigenvalue weighted by Crippen LogP contribution is 2.11. The monoisotopic (exact) mass is 307 g/mol. The van der Waals surface area contributed by atoms with Gasteiger partial charge in [0.15, 0.2) is 0 Å². The zero-order valence-electron chi connectivity index (χ0n) is 9.50. The summed E-state index contributed by atoms with van der Waals surface area (Å²) in [5.74, 6) is -1.50. The van der Waals surface area contributed by atoms with Gasteiger partial charge in [-0.15, -0.1) is 11.6 Å². The van der Waals surface area contributed by atoms with E-state index in [0.29, 0.717) is 0 Å². The summed E-state index contributed by atoms with van der Waals surface area (Å²) in [6.45, 7) is 0. The number of nitrogens with one attached hydrogen (secondary N) is 1. The van der Waals surface area contributed by atoms with Gasteiger partial charge in [-0.05, 0) is 18.2 Å². The van der Waals surface area contributed by atoms with E-state index in [0.717, 1.165) is 12.1 Å². The molecule has 1 rings (SSSR count). The molecule has 1 amide bonds. The molecule has 0 spiro atoms. The van der Waals surface area contributed by atoms with E-state index in [-0.39, 0.29) is 17.9 Å². The molecule has 19 heavy (non-hydrogen) atoms. The first-order valence-corrected chi connectivity index (χ1v) is 6.95. The minimum atomic E-state index is -4.40. The third kappa shape index (κ3) is 4.86. The van der Waals surface area contributed by atoms with Crippen molar-refractivity contribution in [3.63, 3.8) is 0 Å². The summed E-state index contributed by atoms with van der Waals surface area (Å²) >= 11 is 5.29. The van der Waals surface area contributed by atoms with Crippen LogP contribution < -0.4 is 5.48 Å². The SMILES string of the molecule is O=C(CCCl)ONC(=O)c1cccc(S(=O)(=O)O)c1. The Morgan fingerprint density at radius 3 is 2.63 bits per heavy atom. The van der Waals surface area contributed by atoms with Gasteiger partial charge < -0.3 is 4.84 Å². The first kappa shape index (κ1) is 15.4. The van der Waals surface area contributed by atoms with E-state index < -0.39 is 26.9 Å². The van der Waals surface area contributed by atoms with Crippen molar-refractivity contribution in [2.45, 2.75) is 11.3 Å². The molecule has 2 N–H and O–H groups in total. The quantitative estimate of drug-likeness (QED) is 0.482. The maximum Gasteiger partial charge on any atom is 0.333 e. The molecule has 0 atom stereocenters. The molecule has 9 heteroatoms. The second-order valence-corrected chi connectivity index (χ2v) is 5.15. The van der Waals surface area contributed by atoms with Crippen LogP contribution in [0, 0.1) is 0 Å². The molecule has 0 aromatic heterocycles. The molecule has 1 aromatic rings. The molecule has 0 unspecified atom stereocenters. The molecular weight excluding hydrogens is 298 g/mol. The number of carbonyl (C=O) groups is 2. The Kier molecular flexibility index (Phi) is 5.28. The lowest BCUT2D eigenvalue weighted by atomic mass is 10.2. The highest BCUT2D eigenvalue weighted by atomic mass is 35.5. The smallest absolute Gasteiger partial charge is 0.333 e. The van der Waals surface area contributed by atoms with Crippen LogP contribution in [0.1, 0.15) is 16.8 Å². The van der Waals surface area contributed by atoms with Crippen LogP contribution in [0.15, 0.2) is 29.2 Å². The summed E-state index contributed by atoms with van der Waals surface area (Å²) in [6, 6.07) is 4.61. The Morgan fingerprint density at radius 2 is 2.05 bits per heavy atom. The van der Waals surface area contributed by atoms with Crippen LogP contribution in [-0.4, -0.2) is 30.7 Å². The third-order valence-electron chi connectivity index (χ3n) is 1.95. The molecular formula is C10H10ClNO6S. The van der Waals surface area contributed by atoms with Gasteiger partial charge in [-0.25, -0.2) is 4.79 Å². The Morgan fingerprint density at radius 1 is 1.37 bits per heavy atom. The molecule has 0 heterocycles. The highest BCUT2D eigenvalue weighted by Gasteiger charge is 2.14. The van der Waals surface area contributed by atoms with Crippen molar-refractivity contribution in [2.24, 2.45) is 0 Å². The van der Waals surface area contributed by atoms with Crippen molar-refractivity contribution in [2.75, 3.05) is 5.88 Å². The van der Waals surface area contributed by atoms with E-state index in [1.165, 1.54) is 12.1 Å². The van der Waals surface area contributed by atoms with Gasteiger partial charge in [0.25, 0.3) is 16.0 Å². The van der Waals surface area contributed by atoms with Gasteiger partial charge >= 0.3 is 5.97 Å². The predicted octanol–water partition coefficient (Wildman–Crippen LogP) is 0.750. The number of amides is 1. The average Bonchev–Trinajstić information content (AvgIpc) is 2.35. The predicted molar refractivity (Wildman–Crippen MR) is 65.2 cm³/mol. The molecule has 0 aliphatic rings. The molecule has 0 fully saturated rings. The lowest BCUT2D eigenvalue weighted by Crippen LogP contribution is -2.27. The zero-order chi connectivity index (χ0) is 14.5. The van der Waals surface area contributed by atoms with Crippen LogP contribution in [0.2, 0.25) is 0 Å². The topological polar surface area (TPSA) is 110 Å². The number of rotatable bonds is 4. The van der Waals surface area contributed by atoms with E-state index in [1.54, 1.807) is 0 Å². The third-order valence-corrected chi connectivity index (χ3v) is 2.99. The zero-order valence-corrected chi connectivity index (χ0v) is 11.1. The first-order chi connectivity index (χ1) is 8.84. The van der Waals surface area contributed by atoms with Crippen LogP contribution in [0.25, 0.3) is 0 Å². The fraction of sp³-hybridized carbons (Fsp3) is 0.200. The Bertz CT molecular complexity index is 585. The Labute approximate surface area is 114 Å². The van der Waals surface area contributed by atoms with Crippen molar-refractivity contribution in [1.82, 2.24) is 5.48 Å². The molecule has 7 nitrogen and oxygen atoms in total. The first-order valence-electron chi connectivity index (χ1n) is 4.98. The fourth-order valence-corrected chi connectivity index (χ4v) is 1.77. The fourth-order valence-electron chi connectivity index (χ4n) is 1.09. The van der Waals surface area contributed by atoms with Crippen molar-refractivity contribution < 1.29 is 27.4 Å². The number of carbonyl (C=O) groups excluding carboxylic acids is 2. The number of hydroxylamine groups is 1. The standard InChI is InChI=1S/C10H10ClNO6S/c11-5-4-9(13)18-12-10(14)7-2-1-3-8(6-7)19(15,16)17/h1-3,6H,4-5H2,(H,12,14)(H,15,16,17). The summed E-state index contributed by atoms with van der Waals surface area (Å²) in [7, 11) is -4.40. The summed E-state index contributed by atoms with van der Waals surface area (Å²) in [5.41, 5.74) is 1.75. The normalized spacial score (nSPS) is 10.8.